The molecule has 28 heavy (non-hydrogen) atoms. The van der Waals surface area contributed by atoms with Crippen molar-refractivity contribution in [3.05, 3.63) is 48.0 Å². The van der Waals surface area contributed by atoms with Crippen LogP contribution in [-0.2, 0) is 14.8 Å². The van der Waals surface area contributed by atoms with E-state index in [1.54, 1.807) is 6.07 Å². The molecule has 0 bridgehead atoms. The summed E-state index contributed by atoms with van der Waals surface area (Å²) in [6, 6.07) is 10.9. The molecule has 0 spiro atoms. The fourth-order valence-electron chi connectivity index (χ4n) is 2.69. The molecule has 0 saturated heterocycles. The summed E-state index contributed by atoms with van der Waals surface area (Å²) < 4.78 is 33.4. The number of likely N-dealkylation sites (N-methyl/N-ethyl adjacent to an activating group) is 1. The van der Waals surface area contributed by atoms with Crippen LogP contribution in [-0.4, -0.2) is 45.3 Å². The molecule has 2 aromatic carbocycles. The van der Waals surface area contributed by atoms with E-state index in [0.717, 1.165) is 24.0 Å². The Bertz CT molecular complexity index is 1000. The van der Waals surface area contributed by atoms with Gasteiger partial charge in [-0.05, 0) is 36.4 Å². The number of fused-ring (bicyclic) bond motifs is 1. The van der Waals surface area contributed by atoms with Gasteiger partial charge in [-0.1, -0.05) is 11.8 Å². The van der Waals surface area contributed by atoms with Gasteiger partial charge < -0.3 is 9.64 Å². The highest BCUT2D eigenvalue weighted by Crippen LogP contribution is 2.33. The summed E-state index contributed by atoms with van der Waals surface area (Å²) in [6.07, 6.45) is 0. The Kier molecular flexibility index (Phi) is 5.95. The summed E-state index contributed by atoms with van der Waals surface area (Å²) in [4.78, 5) is 25.1. The third-order valence-corrected chi connectivity index (χ3v) is 6.39. The lowest BCUT2D eigenvalue weighted by atomic mass is 10.1. The van der Waals surface area contributed by atoms with Crippen molar-refractivity contribution in [3.63, 3.8) is 0 Å². The molecule has 0 amide bonds. The first kappa shape index (κ1) is 20.2. The Labute approximate surface area is 168 Å². The van der Waals surface area contributed by atoms with E-state index < -0.39 is 10.0 Å². The first-order valence-corrected chi connectivity index (χ1v) is 11.0. The van der Waals surface area contributed by atoms with Crippen molar-refractivity contribution in [1.29, 1.82) is 0 Å². The molecule has 1 aliphatic rings. The number of ether oxygens (including phenoxy) is 1. The quantitative estimate of drug-likeness (QED) is 0.718. The van der Waals surface area contributed by atoms with Gasteiger partial charge in [-0.2, -0.15) is 0 Å². The van der Waals surface area contributed by atoms with Gasteiger partial charge in [0.25, 0.3) is 10.0 Å². The Balaban J connectivity index is 1.74. The van der Waals surface area contributed by atoms with Crippen LogP contribution in [0.4, 0.5) is 11.4 Å². The first-order chi connectivity index (χ1) is 13.3. The molecule has 7 nitrogen and oxygen atoms in total. The maximum absolute atomic E-state index is 12.7. The maximum Gasteiger partial charge on any atom is 0.262 e. The third-order valence-electron chi connectivity index (χ3n) is 4.20. The van der Waals surface area contributed by atoms with Gasteiger partial charge in [-0.25, -0.2) is 8.42 Å². The highest BCUT2D eigenvalue weighted by atomic mass is 32.2. The average molecular weight is 421 g/mol. The van der Waals surface area contributed by atoms with Gasteiger partial charge in [0, 0.05) is 31.3 Å². The summed E-state index contributed by atoms with van der Waals surface area (Å²) in [5, 5.41) is -0.127. The van der Waals surface area contributed by atoms with Crippen LogP contribution in [0.1, 0.15) is 17.3 Å². The van der Waals surface area contributed by atoms with E-state index in [4.69, 9.17) is 4.74 Å². The normalized spacial score (nSPS) is 13.4. The molecule has 9 heteroatoms. The second-order valence-electron chi connectivity index (χ2n) is 6.29. The number of nitrogens with one attached hydrogen (secondary N) is 1. The van der Waals surface area contributed by atoms with Gasteiger partial charge in [0.05, 0.1) is 22.9 Å². The van der Waals surface area contributed by atoms with Crippen molar-refractivity contribution in [2.75, 3.05) is 35.6 Å². The summed E-state index contributed by atoms with van der Waals surface area (Å²) in [7, 11) is -1.88. The summed E-state index contributed by atoms with van der Waals surface area (Å²) in [5.74, 6) is 0.398. The Morgan fingerprint density at radius 3 is 2.57 bits per heavy atom. The van der Waals surface area contributed by atoms with E-state index in [1.165, 1.54) is 43.3 Å². The number of anilines is 2. The molecule has 0 saturated carbocycles. The van der Waals surface area contributed by atoms with Gasteiger partial charge in [-0.3, -0.25) is 14.3 Å². The van der Waals surface area contributed by atoms with Crippen LogP contribution in [0.2, 0.25) is 0 Å². The van der Waals surface area contributed by atoms with Gasteiger partial charge >= 0.3 is 0 Å². The largest absolute Gasteiger partial charge is 0.490 e. The zero-order chi connectivity index (χ0) is 20.3. The van der Waals surface area contributed by atoms with Crippen LogP contribution < -0.4 is 14.4 Å². The first-order valence-electron chi connectivity index (χ1n) is 8.54. The summed E-state index contributed by atoms with van der Waals surface area (Å²) in [6.45, 7) is 2.64. The number of thioether (sulfide) groups is 1. The zero-order valence-corrected chi connectivity index (χ0v) is 17.1. The molecular weight excluding hydrogens is 400 g/mol. The Morgan fingerprint density at radius 1 is 1.18 bits per heavy atom. The van der Waals surface area contributed by atoms with Crippen molar-refractivity contribution >= 4 is 44.1 Å². The van der Waals surface area contributed by atoms with Crippen molar-refractivity contribution in [1.82, 2.24) is 0 Å². The predicted molar refractivity (Wildman–Crippen MR) is 110 cm³/mol. The van der Waals surface area contributed by atoms with E-state index >= 15 is 0 Å². The highest BCUT2D eigenvalue weighted by Gasteiger charge is 2.21. The van der Waals surface area contributed by atoms with Crippen molar-refractivity contribution in [3.8, 4) is 5.75 Å². The number of Topliss-reactive ketones (excluding diaryl/α,β-unsaturated/α-hetero) is 1. The Hall–Kier alpha value is -2.52. The fourth-order valence-corrected chi connectivity index (χ4v) is 4.27. The van der Waals surface area contributed by atoms with Gasteiger partial charge in [0.15, 0.2) is 10.9 Å². The minimum atomic E-state index is -3.80. The minimum absolute atomic E-state index is 0.0595. The number of nitrogens with zero attached hydrogens (tertiary/aromatic N) is 1. The molecule has 0 fully saturated rings. The van der Waals surface area contributed by atoms with Crippen LogP contribution >= 0.6 is 11.8 Å². The molecule has 1 aliphatic heterocycles. The number of sulfonamides is 1. The summed E-state index contributed by atoms with van der Waals surface area (Å²) >= 11 is 0.942. The van der Waals surface area contributed by atoms with E-state index in [1.807, 2.05) is 11.9 Å². The number of hydrogen-bond acceptors (Lipinski definition) is 7. The molecule has 3 rings (SSSR count). The molecule has 2 aromatic rings. The monoisotopic (exact) mass is 420 g/mol. The molecule has 0 aromatic heterocycles. The second kappa shape index (κ2) is 8.24. The van der Waals surface area contributed by atoms with Gasteiger partial charge in [0.1, 0.15) is 12.4 Å². The highest BCUT2D eigenvalue weighted by molar-refractivity contribution is 8.14. The number of carbonyl (C=O) groups is 2. The van der Waals surface area contributed by atoms with Crippen LogP contribution in [0.3, 0.4) is 0 Å². The molecule has 0 unspecified atom stereocenters. The van der Waals surface area contributed by atoms with Crippen molar-refractivity contribution in [2.24, 2.45) is 0 Å². The molecular formula is C19H20N2O5S2. The van der Waals surface area contributed by atoms with Crippen LogP contribution in [0, 0.1) is 0 Å². The molecule has 1 heterocycles. The molecule has 0 atom stereocenters. The molecule has 0 aliphatic carbocycles. The fraction of sp³-hybridized carbons (Fsp3) is 0.263. The predicted octanol–water partition coefficient (Wildman–Crippen LogP) is 2.78. The smallest absolute Gasteiger partial charge is 0.262 e. The number of benzene rings is 2. The van der Waals surface area contributed by atoms with E-state index in [2.05, 4.69) is 4.72 Å². The Morgan fingerprint density at radius 2 is 1.89 bits per heavy atom. The average Bonchev–Trinajstić information content (AvgIpc) is 2.66. The maximum atomic E-state index is 12.7. The lowest BCUT2D eigenvalue weighted by Crippen LogP contribution is -2.29. The number of carbonyl (C=O) groups excluding carboxylic acids is 2. The topological polar surface area (TPSA) is 92.8 Å². The lowest BCUT2D eigenvalue weighted by molar-refractivity contribution is -0.109. The van der Waals surface area contributed by atoms with Gasteiger partial charge in [0.2, 0.25) is 0 Å². The number of ketones is 1. The van der Waals surface area contributed by atoms with E-state index in [0.29, 0.717) is 23.6 Å². The molecule has 0 radical (unpaired) electrons. The van der Waals surface area contributed by atoms with Crippen molar-refractivity contribution < 1.29 is 22.7 Å². The third kappa shape index (κ3) is 4.66. The number of hydrogen-bond donors (Lipinski definition) is 1. The standard InChI is InChI=1S/C19H20N2O5S2/c1-13(22)27-12-18(23)14-3-5-15(6-4-14)20-28(24,25)16-7-8-17-19(11-16)26-10-9-21(17)2/h3-8,11,20H,9-10,12H2,1-2H3. The number of rotatable bonds is 6. The minimum Gasteiger partial charge on any atom is -0.490 e. The van der Waals surface area contributed by atoms with Crippen molar-refractivity contribution in [2.45, 2.75) is 11.8 Å². The summed E-state index contributed by atoms with van der Waals surface area (Å²) in [5.41, 5.74) is 1.60. The molecule has 148 valence electrons. The van der Waals surface area contributed by atoms with Crippen LogP contribution in [0.25, 0.3) is 0 Å². The second-order valence-corrected chi connectivity index (χ2v) is 9.12. The van der Waals surface area contributed by atoms with E-state index in [-0.39, 0.29) is 21.5 Å². The van der Waals surface area contributed by atoms with Crippen LogP contribution in [0.5, 0.6) is 5.75 Å². The zero-order valence-electron chi connectivity index (χ0n) is 15.5. The van der Waals surface area contributed by atoms with Gasteiger partial charge in [-0.15, -0.1) is 0 Å². The van der Waals surface area contributed by atoms with E-state index in [9.17, 15) is 18.0 Å². The molecule has 1 N–H and O–H groups in total. The van der Waals surface area contributed by atoms with Crippen LogP contribution in [0.15, 0.2) is 47.4 Å². The lowest BCUT2D eigenvalue weighted by Gasteiger charge is -2.27. The SMILES string of the molecule is CC(=O)SCC(=O)c1ccc(NS(=O)(=O)c2ccc3c(c2)OCCN3C)cc1.